The fourth-order valence-electron chi connectivity index (χ4n) is 4.05. The molecule has 8 heteroatoms. The highest BCUT2D eigenvalue weighted by Gasteiger charge is 2.37. The number of rotatable bonds is 8. The summed E-state index contributed by atoms with van der Waals surface area (Å²) in [7, 11) is 1.36. The van der Waals surface area contributed by atoms with E-state index in [2.05, 4.69) is 15.9 Å². The molecule has 158 valence electrons. The monoisotopic (exact) mass is 439 g/mol. The first-order valence-electron chi connectivity index (χ1n) is 9.95. The summed E-state index contributed by atoms with van der Waals surface area (Å²) < 4.78 is 10.2. The summed E-state index contributed by atoms with van der Waals surface area (Å²) >= 11 is 12.3. The third-order valence-corrected chi connectivity index (χ3v) is 6.76. The second-order valence-electron chi connectivity index (χ2n) is 7.71. The van der Waals surface area contributed by atoms with Crippen molar-refractivity contribution >= 4 is 29.2 Å². The van der Waals surface area contributed by atoms with Gasteiger partial charge in [0.1, 0.15) is 0 Å². The highest BCUT2D eigenvalue weighted by molar-refractivity contribution is 6.42. The molecule has 2 heterocycles. The molecule has 2 fully saturated rings. The number of morpholine rings is 1. The molecule has 2 aliphatic rings. The molecule has 0 saturated carbocycles. The maximum atomic E-state index is 11.7. The number of carbonyl (C=O) groups excluding carboxylic acids is 1. The third kappa shape index (κ3) is 5.42. The molecule has 0 unspecified atom stereocenters. The van der Waals surface area contributed by atoms with Crippen LogP contribution in [0.5, 0.6) is 0 Å². The molecule has 3 rings (SSSR count). The quantitative estimate of drug-likeness (QED) is 0.579. The number of nitrogens with zero attached hydrogens (tertiary/aromatic N) is 3. The number of halogens is 2. The molecule has 0 radical (unpaired) electrons. The van der Waals surface area contributed by atoms with E-state index >= 15 is 0 Å². The minimum atomic E-state index is -0.813. The second-order valence-corrected chi connectivity index (χ2v) is 8.53. The third-order valence-electron chi connectivity index (χ3n) is 6.02. The van der Waals surface area contributed by atoms with Crippen LogP contribution in [0.3, 0.4) is 0 Å². The average Bonchev–Trinajstić information content (AvgIpc) is 2.72. The van der Waals surface area contributed by atoms with Crippen LogP contribution in [-0.2, 0) is 19.7 Å². The molecular weight excluding hydrogens is 413 g/mol. The van der Waals surface area contributed by atoms with Crippen molar-refractivity contribution in [3.63, 3.8) is 0 Å². The number of esters is 1. The van der Waals surface area contributed by atoms with Gasteiger partial charge < -0.3 is 14.4 Å². The smallest absolute Gasteiger partial charge is 0.305 e. The van der Waals surface area contributed by atoms with Crippen LogP contribution in [0.1, 0.15) is 24.8 Å². The van der Waals surface area contributed by atoms with Gasteiger partial charge in [0.05, 0.1) is 41.9 Å². The molecule has 6 nitrogen and oxygen atoms in total. The van der Waals surface area contributed by atoms with Crippen LogP contribution in [0.2, 0.25) is 10.0 Å². The van der Waals surface area contributed by atoms with Gasteiger partial charge in [0.25, 0.3) is 0 Å². The van der Waals surface area contributed by atoms with Crippen molar-refractivity contribution in [1.82, 2.24) is 9.80 Å². The predicted molar refractivity (Wildman–Crippen MR) is 112 cm³/mol. The number of carbonyl (C=O) groups is 1. The zero-order chi connectivity index (χ0) is 20.9. The second kappa shape index (κ2) is 10.1. The topological polar surface area (TPSA) is 65.8 Å². The Labute approximate surface area is 182 Å². The van der Waals surface area contributed by atoms with Crippen LogP contribution in [0.15, 0.2) is 18.2 Å². The van der Waals surface area contributed by atoms with Gasteiger partial charge in [-0.15, -0.1) is 0 Å². The van der Waals surface area contributed by atoms with E-state index in [0.29, 0.717) is 28.9 Å². The van der Waals surface area contributed by atoms with E-state index in [-0.39, 0.29) is 12.4 Å². The summed E-state index contributed by atoms with van der Waals surface area (Å²) in [4.78, 5) is 16.6. The lowest BCUT2D eigenvalue weighted by atomic mass is 9.75. The number of hydrogen-bond donors (Lipinski definition) is 0. The van der Waals surface area contributed by atoms with Gasteiger partial charge in [0, 0.05) is 45.2 Å². The minimum Gasteiger partial charge on any atom is -0.469 e. The molecule has 1 atom stereocenters. The van der Waals surface area contributed by atoms with Gasteiger partial charge in [-0.3, -0.25) is 9.69 Å². The van der Waals surface area contributed by atoms with Crippen LogP contribution >= 0.6 is 23.2 Å². The number of methoxy groups -OCH3 is 1. The molecule has 1 aromatic rings. The first-order chi connectivity index (χ1) is 14.0. The molecule has 0 aromatic heterocycles. The van der Waals surface area contributed by atoms with Crippen molar-refractivity contribution in [3.8, 4) is 6.07 Å². The van der Waals surface area contributed by atoms with Gasteiger partial charge in [-0.1, -0.05) is 29.3 Å². The van der Waals surface area contributed by atoms with Gasteiger partial charge in [-0.25, -0.2) is 0 Å². The van der Waals surface area contributed by atoms with E-state index in [1.54, 1.807) is 12.1 Å². The molecule has 2 aliphatic heterocycles. The number of ether oxygens (including phenoxy) is 2. The van der Waals surface area contributed by atoms with E-state index in [1.807, 2.05) is 6.07 Å². The summed E-state index contributed by atoms with van der Waals surface area (Å²) in [6, 6.07) is 8.33. The SMILES string of the molecule is COC(=O)CC[C@](C#N)(CCN1CC(N2CCOCC2)C1)c1ccc(Cl)c(Cl)c1. The van der Waals surface area contributed by atoms with Crippen molar-refractivity contribution in [2.75, 3.05) is 53.0 Å². The molecule has 29 heavy (non-hydrogen) atoms. The zero-order valence-corrected chi connectivity index (χ0v) is 18.2. The molecule has 1 aromatic carbocycles. The zero-order valence-electron chi connectivity index (χ0n) is 16.7. The molecule has 0 spiro atoms. The Balaban J connectivity index is 1.65. The van der Waals surface area contributed by atoms with Crippen molar-refractivity contribution in [1.29, 1.82) is 5.26 Å². The highest BCUT2D eigenvalue weighted by Crippen LogP contribution is 2.37. The number of nitriles is 1. The first kappa shape index (κ1) is 22.3. The molecule has 0 bridgehead atoms. The van der Waals surface area contributed by atoms with Crippen LogP contribution in [0.4, 0.5) is 0 Å². The van der Waals surface area contributed by atoms with E-state index < -0.39 is 5.41 Å². The fourth-order valence-corrected chi connectivity index (χ4v) is 4.35. The standard InChI is InChI=1S/C21H27Cl2N3O3/c1-28-20(27)4-5-21(15-24,16-2-3-18(22)19(23)12-16)6-7-25-13-17(14-25)26-8-10-29-11-9-26/h2-3,12,17H,4-11,13-14H2,1H3/t21-/m1/s1. The highest BCUT2D eigenvalue weighted by atomic mass is 35.5. The molecule has 0 amide bonds. The Kier molecular flexibility index (Phi) is 7.78. The first-order valence-corrected chi connectivity index (χ1v) is 10.7. The maximum absolute atomic E-state index is 11.7. The van der Waals surface area contributed by atoms with Crippen LogP contribution < -0.4 is 0 Å². The van der Waals surface area contributed by atoms with E-state index in [9.17, 15) is 10.1 Å². The Morgan fingerprint density at radius 1 is 1.28 bits per heavy atom. The van der Waals surface area contributed by atoms with E-state index in [4.69, 9.17) is 32.7 Å². The summed E-state index contributed by atoms with van der Waals surface area (Å²) in [5.41, 5.74) is -0.0181. The van der Waals surface area contributed by atoms with Gasteiger partial charge in [-0.05, 0) is 30.5 Å². The summed E-state index contributed by atoms with van der Waals surface area (Å²) in [5.74, 6) is -0.319. The van der Waals surface area contributed by atoms with Gasteiger partial charge >= 0.3 is 5.97 Å². The van der Waals surface area contributed by atoms with Gasteiger partial charge in [0.2, 0.25) is 0 Å². The largest absolute Gasteiger partial charge is 0.469 e. The molecular formula is C21H27Cl2N3O3. The van der Waals surface area contributed by atoms with Crippen LogP contribution in [0, 0.1) is 11.3 Å². The molecule has 2 saturated heterocycles. The lowest BCUT2D eigenvalue weighted by Crippen LogP contribution is -2.61. The van der Waals surface area contributed by atoms with Crippen molar-refractivity contribution in [2.45, 2.75) is 30.7 Å². The Bertz CT molecular complexity index is 758. The summed E-state index contributed by atoms with van der Waals surface area (Å²) in [5, 5.41) is 11.0. The molecule has 0 N–H and O–H groups in total. The number of likely N-dealkylation sites (tertiary alicyclic amines) is 1. The van der Waals surface area contributed by atoms with Crippen LogP contribution in [0.25, 0.3) is 0 Å². The lowest BCUT2D eigenvalue weighted by molar-refractivity contribution is -0.141. The fraction of sp³-hybridized carbons (Fsp3) is 0.619. The summed E-state index contributed by atoms with van der Waals surface area (Å²) in [6.07, 6.45) is 1.18. The van der Waals surface area contributed by atoms with E-state index in [0.717, 1.165) is 51.5 Å². The van der Waals surface area contributed by atoms with Crippen molar-refractivity contribution in [3.05, 3.63) is 33.8 Å². The van der Waals surface area contributed by atoms with Crippen molar-refractivity contribution in [2.24, 2.45) is 0 Å². The van der Waals surface area contributed by atoms with E-state index in [1.165, 1.54) is 7.11 Å². The minimum absolute atomic E-state index is 0.181. The summed E-state index contributed by atoms with van der Waals surface area (Å²) in [6.45, 7) is 6.37. The number of benzene rings is 1. The maximum Gasteiger partial charge on any atom is 0.305 e. The number of hydrogen-bond acceptors (Lipinski definition) is 6. The Morgan fingerprint density at radius 2 is 2.00 bits per heavy atom. The molecule has 0 aliphatic carbocycles. The predicted octanol–water partition coefficient (Wildman–Crippen LogP) is 3.11. The van der Waals surface area contributed by atoms with Gasteiger partial charge in [0.15, 0.2) is 0 Å². The van der Waals surface area contributed by atoms with Crippen molar-refractivity contribution < 1.29 is 14.3 Å². The normalized spacial score (nSPS) is 20.5. The lowest BCUT2D eigenvalue weighted by Gasteiger charge is -2.47. The Morgan fingerprint density at radius 3 is 2.62 bits per heavy atom. The van der Waals surface area contributed by atoms with Gasteiger partial charge in [-0.2, -0.15) is 5.26 Å². The average molecular weight is 440 g/mol. The van der Waals surface area contributed by atoms with Crippen LogP contribution in [-0.4, -0.2) is 74.9 Å². The Hall–Kier alpha value is -1.36.